The number of hydrogen-bond acceptors (Lipinski definition) is 1. The number of allylic oxidation sites excluding steroid dienone is 3. The molecule has 0 aliphatic heterocycles. The van der Waals surface area contributed by atoms with E-state index in [-0.39, 0.29) is 0 Å². The highest BCUT2D eigenvalue weighted by molar-refractivity contribution is 5.92. The summed E-state index contributed by atoms with van der Waals surface area (Å²) in [5, 5.41) is 8.52. The van der Waals surface area contributed by atoms with Crippen LogP contribution in [0.2, 0.25) is 0 Å². The maximum absolute atomic E-state index is 12.0. The maximum atomic E-state index is 12.0. The quantitative estimate of drug-likeness (QED) is 0.543. The summed E-state index contributed by atoms with van der Waals surface area (Å²) in [4.78, 5) is 10.5. The van der Waals surface area contributed by atoms with Crippen molar-refractivity contribution < 1.29 is 18.7 Å². The summed E-state index contributed by atoms with van der Waals surface area (Å²) < 4.78 is 24.1. The third-order valence-electron chi connectivity index (χ3n) is 1.30. The molecular weight excluding hydrogens is 178 g/mol. The summed E-state index contributed by atoms with van der Waals surface area (Å²) in [6.45, 7) is 4.65. The molecule has 0 atom stereocenters. The molecule has 0 aliphatic rings. The molecule has 0 saturated heterocycles. The van der Waals surface area contributed by atoms with E-state index in [0.717, 1.165) is 6.08 Å². The lowest BCUT2D eigenvalue weighted by molar-refractivity contribution is -0.132. The molecule has 0 aromatic heterocycles. The Hall–Kier alpha value is -1.45. The third kappa shape index (κ3) is 3.64. The fourth-order valence-corrected chi connectivity index (χ4v) is 0.626. The zero-order valence-electron chi connectivity index (χ0n) is 7.13. The van der Waals surface area contributed by atoms with Crippen LogP contribution in [-0.4, -0.2) is 17.5 Å². The molecule has 2 nitrogen and oxygen atoms in total. The van der Waals surface area contributed by atoms with E-state index < -0.39 is 23.5 Å². The number of halogens is 2. The summed E-state index contributed by atoms with van der Waals surface area (Å²) in [5.41, 5.74) is -1.14. The minimum atomic E-state index is -2.84. The summed E-state index contributed by atoms with van der Waals surface area (Å²) in [6, 6.07) is 0. The van der Waals surface area contributed by atoms with Gasteiger partial charge in [0.2, 0.25) is 0 Å². The fourth-order valence-electron chi connectivity index (χ4n) is 0.626. The molecule has 72 valence electrons. The molecule has 0 heterocycles. The van der Waals surface area contributed by atoms with E-state index in [1.54, 1.807) is 13.0 Å². The highest BCUT2D eigenvalue weighted by atomic mass is 19.3. The minimum Gasteiger partial charge on any atom is -0.478 e. The van der Waals surface area contributed by atoms with Crippen LogP contribution in [0.25, 0.3) is 0 Å². The van der Waals surface area contributed by atoms with Gasteiger partial charge in [-0.1, -0.05) is 18.7 Å². The van der Waals surface area contributed by atoms with Gasteiger partial charge in [0.15, 0.2) is 0 Å². The van der Waals surface area contributed by atoms with E-state index in [9.17, 15) is 13.6 Å². The predicted molar refractivity (Wildman–Crippen MR) is 45.7 cm³/mol. The molecule has 1 N–H and O–H groups in total. The molecule has 0 bridgehead atoms. The van der Waals surface area contributed by atoms with Crippen molar-refractivity contribution in [1.82, 2.24) is 0 Å². The molecule has 0 fully saturated rings. The van der Waals surface area contributed by atoms with Gasteiger partial charge in [-0.15, -0.1) is 0 Å². The number of carboxylic acid groups (broad SMARTS) is 1. The van der Waals surface area contributed by atoms with Gasteiger partial charge < -0.3 is 5.11 Å². The lowest BCUT2D eigenvalue weighted by Gasteiger charge is -2.03. The average molecular weight is 188 g/mol. The van der Waals surface area contributed by atoms with Crippen molar-refractivity contribution in [1.29, 1.82) is 0 Å². The predicted octanol–water partition coefficient (Wildman–Crippen LogP) is 2.39. The van der Waals surface area contributed by atoms with Gasteiger partial charge in [0.1, 0.15) is 0 Å². The number of carboxylic acids is 1. The van der Waals surface area contributed by atoms with Gasteiger partial charge in [-0.25, -0.2) is 13.6 Å². The van der Waals surface area contributed by atoms with Crippen molar-refractivity contribution in [3.05, 3.63) is 36.0 Å². The summed E-state index contributed by atoms with van der Waals surface area (Å²) >= 11 is 0. The van der Waals surface area contributed by atoms with Crippen molar-refractivity contribution in [2.75, 3.05) is 0 Å². The van der Waals surface area contributed by atoms with Crippen LogP contribution < -0.4 is 0 Å². The van der Waals surface area contributed by atoms with E-state index in [2.05, 4.69) is 6.58 Å². The van der Waals surface area contributed by atoms with E-state index in [4.69, 9.17) is 5.11 Å². The molecule has 0 aromatic carbocycles. The van der Waals surface area contributed by atoms with E-state index in [1.165, 1.54) is 6.08 Å². The van der Waals surface area contributed by atoms with Crippen LogP contribution in [0.3, 0.4) is 0 Å². The van der Waals surface area contributed by atoms with Crippen molar-refractivity contribution in [2.45, 2.75) is 13.3 Å². The Balaban J connectivity index is 4.82. The normalized spacial score (nSPS) is 12.5. The fraction of sp³-hybridized carbons (Fsp3) is 0.222. The highest BCUT2D eigenvalue weighted by Crippen LogP contribution is 2.16. The highest BCUT2D eigenvalue weighted by Gasteiger charge is 2.18. The van der Waals surface area contributed by atoms with Crippen molar-refractivity contribution in [3.63, 3.8) is 0 Å². The van der Waals surface area contributed by atoms with Gasteiger partial charge in [0.25, 0.3) is 6.43 Å². The Morgan fingerprint density at radius 2 is 2.08 bits per heavy atom. The topological polar surface area (TPSA) is 37.3 Å². The molecule has 0 saturated carbocycles. The molecule has 4 heteroatoms. The Bertz CT molecular complexity index is 265. The molecule has 0 aliphatic carbocycles. The first-order chi connectivity index (χ1) is 6.00. The monoisotopic (exact) mass is 188 g/mol. The molecule has 0 amide bonds. The molecule has 0 spiro atoms. The number of hydrogen-bond donors (Lipinski definition) is 1. The van der Waals surface area contributed by atoms with Crippen LogP contribution in [0, 0.1) is 0 Å². The lowest BCUT2D eigenvalue weighted by Crippen LogP contribution is -2.08. The van der Waals surface area contributed by atoms with Crippen LogP contribution in [0.4, 0.5) is 8.78 Å². The molecule has 0 unspecified atom stereocenters. The molecule has 0 aromatic rings. The van der Waals surface area contributed by atoms with Gasteiger partial charge in [0, 0.05) is 5.57 Å². The lowest BCUT2D eigenvalue weighted by atomic mass is 10.1. The van der Waals surface area contributed by atoms with Crippen LogP contribution in [0.15, 0.2) is 36.0 Å². The van der Waals surface area contributed by atoms with Gasteiger partial charge in [0.05, 0.1) is 5.57 Å². The molecule has 0 radical (unpaired) electrons. The second kappa shape index (κ2) is 5.24. The largest absolute Gasteiger partial charge is 0.478 e. The Labute approximate surface area is 74.9 Å². The Kier molecular flexibility index (Phi) is 4.66. The van der Waals surface area contributed by atoms with Crippen molar-refractivity contribution >= 4 is 5.97 Å². The average Bonchev–Trinajstić information content (AvgIpc) is 2.04. The maximum Gasteiger partial charge on any atom is 0.336 e. The summed E-state index contributed by atoms with van der Waals surface area (Å²) in [7, 11) is 0. The first-order valence-electron chi connectivity index (χ1n) is 3.54. The molecular formula is C9H10F2O2. The Morgan fingerprint density at radius 1 is 1.54 bits per heavy atom. The standard InChI is InChI=1S/C9H10F2O2/c1-3-4-5-7(9(12)13)6(2)8(10)11/h3-5,8H,2H2,1H3,(H,12,13)/b4-3-,7-5+. The summed E-state index contributed by atoms with van der Waals surface area (Å²) in [5.74, 6) is -1.40. The van der Waals surface area contributed by atoms with E-state index >= 15 is 0 Å². The number of aliphatic carboxylic acids is 1. The number of rotatable bonds is 4. The first kappa shape index (κ1) is 11.6. The second-order valence-electron chi connectivity index (χ2n) is 2.24. The van der Waals surface area contributed by atoms with Crippen molar-refractivity contribution in [2.24, 2.45) is 0 Å². The first-order valence-corrected chi connectivity index (χ1v) is 3.54. The van der Waals surface area contributed by atoms with E-state index in [0.29, 0.717) is 0 Å². The van der Waals surface area contributed by atoms with Gasteiger partial charge in [-0.05, 0) is 13.0 Å². The summed E-state index contributed by atoms with van der Waals surface area (Å²) in [6.07, 6.45) is 1.17. The van der Waals surface area contributed by atoms with Crippen LogP contribution >= 0.6 is 0 Å². The zero-order valence-corrected chi connectivity index (χ0v) is 7.13. The van der Waals surface area contributed by atoms with E-state index in [1.807, 2.05) is 0 Å². The minimum absolute atomic E-state index is 0.465. The van der Waals surface area contributed by atoms with Crippen LogP contribution in [-0.2, 0) is 4.79 Å². The van der Waals surface area contributed by atoms with Gasteiger partial charge in [-0.2, -0.15) is 0 Å². The second-order valence-corrected chi connectivity index (χ2v) is 2.24. The Morgan fingerprint density at radius 3 is 2.38 bits per heavy atom. The number of alkyl halides is 2. The molecule has 13 heavy (non-hydrogen) atoms. The molecule has 0 rings (SSSR count). The SMILES string of the molecule is C=C(/C(=C\C=C/C)C(=O)O)C(F)F. The zero-order chi connectivity index (χ0) is 10.4. The van der Waals surface area contributed by atoms with Crippen molar-refractivity contribution in [3.8, 4) is 0 Å². The number of carbonyl (C=O) groups is 1. The third-order valence-corrected chi connectivity index (χ3v) is 1.30. The van der Waals surface area contributed by atoms with Gasteiger partial charge >= 0.3 is 5.97 Å². The van der Waals surface area contributed by atoms with Gasteiger partial charge in [-0.3, -0.25) is 0 Å². The smallest absolute Gasteiger partial charge is 0.336 e. The van der Waals surface area contributed by atoms with Crippen LogP contribution in [0.1, 0.15) is 6.92 Å². The van der Waals surface area contributed by atoms with Crippen LogP contribution in [0.5, 0.6) is 0 Å².